The molecule has 0 bridgehead atoms. The maximum atomic E-state index is 13.3. The van der Waals surface area contributed by atoms with Crippen LogP contribution in [-0.2, 0) is 9.53 Å². The Bertz CT molecular complexity index is 478. The van der Waals surface area contributed by atoms with E-state index in [2.05, 4.69) is 10.6 Å². The number of amides is 2. The van der Waals surface area contributed by atoms with Gasteiger partial charge in [0, 0.05) is 13.2 Å². The average Bonchev–Trinajstić information content (AvgIpc) is 2.44. The summed E-state index contributed by atoms with van der Waals surface area (Å²) in [5.74, 6) is -1.53. The molecule has 0 saturated heterocycles. The van der Waals surface area contributed by atoms with Crippen LogP contribution in [0, 0.1) is 5.82 Å². The highest BCUT2D eigenvalue weighted by Crippen LogP contribution is 2.05. The summed E-state index contributed by atoms with van der Waals surface area (Å²) in [6, 6.07) is 5.63. The molecule has 0 aliphatic rings. The molecule has 0 atom stereocenters. The van der Waals surface area contributed by atoms with Crippen LogP contribution >= 0.6 is 0 Å². The van der Waals surface area contributed by atoms with E-state index in [1.165, 1.54) is 18.2 Å². The van der Waals surface area contributed by atoms with Crippen molar-refractivity contribution < 1.29 is 18.7 Å². The molecule has 2 N–H and O–H groups in total. The third-order valence-corrected chi connectivity index (χ3v) is 2.62. The summed E-state index contributed by atoms with van der Waals surface area (Å²) in [4.78, 5) is 23.2. The predicted molar refractivity (Wildman–Crippen MR) is 77.4 cm³/mol. The Morgan fingerprint density at radius 3 is 2.62 bits per heavy atom. The molecule has 0 aliphatic carbocycles. The van der Waals surface area contributed by atoms with Gasteiger partial charge in [-0.05, 0) is 32.4 Å². The smallest absolute Gasteiger partial charge is 0.254 e. The zero-order valence-corrected chi connectivity index (χ0v) is 12.3. The number of benzene rings is 1. The molecule has 0 aliphatic heterocycles. The monoisotopic (exact) mass is 296 g/mol. The van der Waals surface area contributed by atoms with Gasteiger partial charge in [-0.1, -0.05) is 12.1 Å². The highest BCUT2D eigenvalue weighted by molar-refractivity contribution is 5.96. The molecule has 1 aromatic rings. The Labute approximate surface area is 123 Å². The maximum Gasteiger partial charge on any atom is 0.254 e. The van der Waals surface area contributed by atoms with E-state index in [9.17, 15) is 14.0 Å². The number of halogens is 1. The molecule has 116 valence electrons. The van der Waals surface area contributed by atoms with Gasteiger partial charge in [-0.2, -0.15) is 0 Å². The molecule has 6 heteroatoms. The van der Waals surface area contributed by atoms with E-state index in [-0.39, 0.29) is 24.1 Å². The Hall–Kier alpha value is -1.95. The van der Waals surface area contributed by atoms with E-state index in [1.807, 2.05) is 13.8 Å². The molecule has 0 unspecified atom stereocenters. The molecule has 0 radical (unpaired) electrons. The van der Waals surface area contributed by atoms with E-state index in [0.717, 1.165) is 0 Å². The van der Waals surface area contributed by atoms with Gasteiger partial charge in [0.25, 0.3) is 5.91 Å². The van der Waals surface area contributed by atoms with Crippen molar-refractivity contribution in [3.8, 4) is 0 Å². The first-order valence-electron chi connectivity index (χ1n) is 6.91. The molecule has 1 aromatic carbocycles. The molecule has 2 amide bonds. The van der Waals surface area contributed by atoms with E-state index in [1.54, 1.807) is 6.07 Å². The van der Waals surface area contributed by atoms with Crippen LogP contribution in [0.5, 0.6) is 0 Å². The number of nitrogens with one attached hydrogen (secondary N) is 2. The highest BCUT2D eigenvalue weighted by atomic mass is 19.1. The van der Waals surface area contributed by atoms with Crippen molar-refractivity contribution in [2.24, 2.45) is 0 Å². The number of hydrogen-bond donors (Lipinski definition) is 2. The van der Waals surface area contributed by atoms with Crippen molar-refractivity contribution in [2.45, 2.75) is 26.4 Å². The molecule has 0 aromatic heterocycles. The van der Waals surface area contributed by atoms with Crippen molar-refractivity contribution in [2.75, 3.05) is 19.7 Å². The summed E-state index contributed by atoms with van der Waals surface area (Å²) >= 11 is 0. The minimum absolute atomic E-state index is 0.0735. The second-order valence-corrected chi connectivity index (χ2v) is 4.79. The molecule has 21 heavy (non-hydrogen) atoms. The summed E-state index contributed by atoms with van der Waals surface area (Å²) in [5.41, 5.74) is -0.0735. The van der Waals surface area contributed by atoms with Gasteiger partial charge in [0.15, 0.2) is 0 Å². The van der Waals surface area contributed by atoms with Gasteiger partial charge in [0.2, 0.25) is 5.91 Å². The molecule has 0 heterocycles. The number of ether oxygens (including phenoxy) is 1. The van der Waals surface area contributed by atoms with Gasteiger partial charge in [-0.25, -0.2) is 4.39 Å². The fourth-order valence-electron chi connectivity index (χ4n) is 1.58. The molecular formula is C15H21FN2O3. The molecule has 0 saturated carbocycles. The number of hydrogen-bond acceptors (Lipinski definition) is 3. The summed E-state index contributed by atoms with van der Waals surface area (Å²) in [5, 5.41) is 5.03. The molecular weight excluding hydrogens is 275 g/mol. The number of carbonyl (C=O) groups excluding carboxylic acids is 2. The maximum absolute atomic E-state index is 13.3. The average molecular weight is 296 g/mol. The fraction of sp³-hybridized carbons (Fsp3) is 0.467. The molecule has 0 spiro atoms. The van der Waals surface area contributed by atoms with Crippen LogP contribution in [0.1, 0.15) is 30.6 Å². The van der Waals surface area contributed by atoms with Crippen LogP contribution in [-0.4, -0.2) is 37.6 Å². The lowest BCUT2D eigenvalue weighted by atomic mass is 10.2. The van der Waals surface area contributed by atoms with Crippen molar-refractivity contribution in [1.29, 1.82) is 0 Å². The molecule has 5 nitrogen and oxygen atoms in total. The Morgan fingerprint density at radius 1 is 1.24 bits per heavy atom. The van der Waals surface area contributed by atoms with Crippen LogP contribution in [0.25, 0.3) is 0 Å². The first kappa shape index (κ1) is 17.1. The standard InChI is InChI=1S/C15H21FN2O3/c1-11(2)21-9-5-8-17-14(19)10-18-15(20)12-6-3-4-7-13(12)16/h3-4,6-7,11H,5,8-10H2,1-2H3,(H,17,19)(H,18,20). The van der Waals surface area contributed by atoms with Crippen molar-refractivity contribution >= 4 is 11.8 Å². The first-order valence-corrected chi connectivity index (χ1v) is 6.91. The van der Waals surface area contributed by atoms with Crippen molar-refractivity contribution in [3.63, 3.8) is 0 Å². The summed E-state index contributed by atoms with van der Waals surface area (Å²) in [6.07, 6.45) is 0.867. The van der Waals surface area contributed by atoms with Gasteiger partial charge in [-0.3, -0.25) is 9.59 Å². The van der Waals surface area contributed by atoms with Gasteiger partial charge < -0.3 is 15.4 Å². The molecule has 0 fully saturated rings. The van der Waals surface area contributed by atoms with Crippen molar-refractivity contribution in [1.82, 2.24) is 10.6 Å². The third-order valence-electron chi connectivity index (χ3n) is 2.62. The van der Waals surface area contributed by atoms with Crippen molar-refractivity contribution in [3.05, 3.63) is 35.6 Å². The van der Waals surface area contributed by atoms with E-state index in [4.69, 9.17) is 4.74 Å². The van der Waals surface area contributed by atoms with E-state index in [0.29, 0.717) is 19.6 Å². The fourth-order valence-corrected chi connectivity index (χ4v) is 1.58. The largest absolute Gasteiger partial charge is 0.379 e. The van der Waals surface area contributed by atoms with Crippen LogP contribution in [0.2, 0.25) is 0 Å². The van der Waals surface area contributed by atoms with Crippen LogP contribution < -0.4 is 10.6 Å². The van der Waals surface area contributed by atoms with E-state index < -0.39 is 11.7 Å². The number of rotatable bonds is 8. The highest BCUT2D eigenvalue weighted by Gasteiger charge is 2.11. The lowest BCUT2D eigenvalue weighted by molar-refractivity contribution is -0.120. The molecule has 1 rings (SSSR count). The topological polar surface area (TPSA) is 67.4 Å². The zero-order valence-electron chi connectivity index (χ0n) is 12.3. The zero-order chi connectivity index (χ0) is 15.7. The summed E-state index contributed by atoms with van der Waals surface area (Å²) < 4.78 is 18.7. The Balaban J connectivity index is 2.21. The second kappa shape index (κ2) is 9.07. The minimum Gasteiger partial charge on any atom is -0.379 e. The third kappa shape index (κ3) is 6.85. The van der Waals surface area contributed by atoms with Gasteiger partial charge in [0.1, 0.15) is 5.82 Å². The van der Waals surface area contributed by atoms with Crippen LogP contribution in [0.4, 0.5) is 4.39 Å². The second-order valence-electron chi connectivity index (χ2n) is 4.79. The minimum atomic E-state index is -0.610. The van der Waals surface area contributed by atoms with Gasteiger partial charge in [0.05, 0.1) is 18.2 Å². The normalized spacial score (nSPS) is 10.5. The Kier molecular flexibility index (Phi) is 7.39. The summed E-state index contributed by atoms with van der Waals surface area (Å²) in [7, 11) is 0. The van der Waals surface area contributed by atoms with Gasteiger partial charge in [-0.15, -0.1) is 0 Å². The number of carbonyl (C=O) groups is 2. The summed E-state index contributed by atoms with van der Waals surface area (Å²) in [6.45, 7) is 4.74. The lowest BCUT2D eigenvalue weighted by Crippen LogP contribution is -2.37. The SMILES string of the molecule is CC(C)OCCCNC(=O)CNC(=O)c1ccccc1F. The van der Waals surface area contributed by atoms with Crippen LogP contribution in [0.3, 0.4) is 0 Å². The first-order chi connectivity index (χ1) is 10.0. The quantitative estimate of drug-likeness (QED) is 0.714. The lowest BCUT2D eigenvalue weighted by Gasteiger charge is -2.09. The Morgan fingerprint density at radius 2 is 1.95 bits per heavy atom. The van der Waals surface area contributed by atoms with Crippen LogP contribution in [0.15, 0.2) is 24.3 Å². The van der Waals surface area contributed by atoms with E-state index >= 15 is 0 Å². The predicted octanol–water partition coefficient (Wildman–Crippen LogP) is 1.49. The van der Waals surface area contributed by atoms with Gasteiger partial charge >= 0.3 is 0 Å².